The van der Waals surface area contributed by atoms with Crippen LogP contribution < -0.4 is 64.7 Å². The maximum atomic E-state index is 14.6. The molecule has 0 unspecified atom stereocenters. The smallest absolute Gasteiger partial charge is 0.222 e. The molecule has 33 heteroatoms. The molecule has 0 bridgehead atoms. The number of anilines is 15. The SMILES string of the molecule is CCc1cc(Nc2ccc3c(ccn3-c3ccncc3)c2)nc(N)n1.Cc1cc(Nc2cc(Cl)c(Sc3ccncc3)c(Cl)c2)nc(N)n1.Cc1cc(Nc2ccc(Oc3cccc4cnccc34)c(F)c2)nc(N)n1.Cc1cc(Nc2ccc(Oc3cccc4cnccc34)cc2)nc(N)n1.Cc1cc(Nc2ccc(Sc3ccnc4ccccc34)cc2)nc(N)n1. The molecule has 19 rings (SSSR count). The zero-order valence-corrected chi connectivity index (χ0v) is 72.5. The maximum absolute atomic E-state index is 14.6. The summed E-state index contributed by atoms with van der Waals surface area (Å²) in [7, 11) is 0. The molecule has 0 fully saturated rings. The minimum absolute atomic E-state index is 0.128. The summed E-state index contributed by atoms with van der Waals surface area (Å²) in [5.74, 6) is 6.04. The number of aryl methyl sites for hydroxylation is 5. The molecule has 0 aliphatic carbocycles. The molecule has 11 heterocycles. The quantitative estimate of drug-likeness (QED) is 0.0339. The standard InChI is InChI=1S/C20H16FN5O.C20H17N5O.C20H17N5S.C19H18N6.C16H13Cl2N5S/c1-12-9-19(26-20(22)24-12)25-14-5-6-18(16(21)10-14)27-17-4-2-3-13-11-23-8-7-15(13)17;1-13-11-19(25-20(21)23-13)24-15-5-7-16(8-6-15)26-18-4-2-3-14-12-22-10-9-17(14)18;1-13-12-19(25-20(21)23-13)24-14-6-8-15(9-7-14)26-18-10-11-22-17-5-3-2-4-16(17)18;1-2-14-12-18(24-19(20)23-14)22-15-3-4-17-13(11-15)7-10-25(17)16-5-8-21-9-6-16;1-9-6-14(23-16(19)21-9)22-10-7-12(17)15(13(18)8-10)24-11-2-4-20-5-3-11/h2-11H,1H3,(H3,22,24,25,26);2*2-12H,1H3,(H3,21,23,24,25);3-12H,2H2,1H3,(H3,20,22,23,24);2-8H,1H3,(H3,19,21,22,23). The van der Waals surface area contributed by atoms with Gasteiger partial charge in [-0.1, -0.05) is 96.1 Å². The van der Waals surface area contributed by atoms with Crippen molar-refractivity contribution >= 4 is 177 Å². The van der Waals surface area contributed by atoms with Gasteiger partial charge in [-0.2, -0.15) is 24.9 Å². The van der Waals surface area contributed by atoms with Crippen LogP contribution in [0.2, 0.25) is 10.0 Å². The number of nitrogens with zero attached hydrogens (tertiary/aromatic N) is 16. The number of fused-ring (bicyclic) bond motifs is 4. The number of ether oxygens (including phenoxy) is 2. The molecule has 0 amide bonds. The van der Waals surface area contributed by atoms with Crippen molar-refractivity contribution in [1.82, 2.24) is 79.3 Å². The van der Waals surface area contributed by atoms with E-state index in [-0.39, 0.29) is 35.5 Å². The van der Waals surface area contributed by atoms with E-state index in [1.807, 2.05) is 192 Å². The van der Waals surface area contributed by atoms with Crippen LogP contribution >= 0.6 is 46.7 Å². The Morgan fingerprint density at radius 3 is 1.39 bits per heavy atom. The zero-order valence-electron chi connectivity index (χ0n) is 69.3. The van der Waals surface area contributed by atoms with Gasteiger partial charge in [0.25, 0.3) is 0 Å². The third-order valence-corrected chi connectivity index (χ3v) is 21.8. The fourth-order valence-corrected chi connectivity index (χ4v) is 15.6. The molecular formula is C95H81Cl2FN26O2S2. The number of rotatable bonds is 20. The van der Waals surface area contributed by atoms with E-state index in [0.29, 0.717) is 50.6 Å². The molecule has 0 radical (unpaired) electrons. The van der Waals surface area contributed by atoms with Gasteiger partial charge in [-0.3, -0.25) is 24.9 Å². The molecule has 0 aliphatic rings. The highest BCUT2D eigenvalue weighted by Gasteiger charge is 2.16. The lowest BCUT2D eigenvalue weighted by Gasteiger charge is -2.11. The van der Waals surface area contributed by atoms with Gasteiger partial charge in [-0.15, -0.1) is 0 Å². The first-order chi connectivity index (χ1) is 62.2. The summed E-state index contributed by atoms with van der Waals surface area (Å²) in [5, 5.41) is 23.2. The number of halogens is 3. The fraction of sp³-hybridized carbons (Fsp3) is 0.0632. The Kier molecular flexibility index (Phi) is 27.9. The van der Waals surface area contributed by atoms with Gasteiger partial charge in [0.05, 0.1) is 21.1 Å². The van der Waals surface area contributed by atoms with Gasteiger partial charge in [0.2, 0.25) is 29.7 Å². The van der Waals surface area contributed by atoms with Gasteiger partial charge >= 0.3 is 0 Å². The lowest BCUT2D eigenvalue weighted by atomic mass is 10.1. The molecule has 636 valence electrons. The number of nitrogens with one attached hydrogen (secondary N) is 5. The predicted molar refractivity (Wildman–Crippen MR) is 512 cm³/mol. The summed E-state index contributed by atoms with van der Waals surface area (Å²) >= 11 is 16.0. The lowest BCUT2D eigenvalue weighted by Crippen LogP contribution is -2.02. The van der Waals surface area contributed by atoms with E-state index in [1.165, 1.54) is 22.7 Å². The molecule has 0 spiro atoms. The van der Waals surface area contributed by atoms with Gasteiger partial charge in [-0.05, 0) is 192 Å². The molecular weight excluding hydrogens is 1690 g/mol. The number of benzene rings is 8. The predicted octanol–water partition coefficient (Wildman–Crippen LogP) is 22.5. The zero-order chi connectivity index (χ0) is 89.0. The summed E-state index contributed by atoms with van der Waals surface area (Å²) in [6, 6.07) is 74.8. The van der Waals surface area contributed by atoms with Crippen LogP contribution in [-0.4, -0.2) is 79.3 Å². The Morgan fingerprint density at radius 1 is 0.375 bits per heavy atom. The van der Waals surface area contributed by atoms with Gasteiger partial charge in [0.15, 0.2) is 11.6 Å². The van der Waals surface area contributed by atoms with Gasteiger partial charge in [0.1, 0.15) is 46.3 Å². The van der Waals surface area contributed by atoms with Crippen LogP contribution in [0.25, 0.3) is 49.0 Å². The number of hydrogen-bond acceptors (Lipinski definition) is 29. The summed E-state index contributed by atoms with van der Waals surface area (Å²) in [6.07, 6.45) is 18.8. The highest BCUT2D eigenvalue weighted by Crippen LogP contribution is 2.42. The van der Waals surface area contributed by atoms with E-state index in [0.717, 1.165) is 133 Å². The number of para-hydroxylation sites is 1. The maximum Gasteiger partial charge on any atom is 0.222 e. The van der Waals surface area contributed by atoms with Gasteiger partial charge < -0.3 is 69.3 Å². The van der Waals surface area contributed by atoms with Crippen molar-refractivity contribution in [3.8, 4) is 28.7 Å². The largest absolute Gasteiger partial charge is 0.457 e. The van der Waals surface area contributed by atoms with Crippen molar-refractivity contribution in [1.29, 1.82) is 0 Å². The monoisotopic (exact) mass is 1770 g/mol. The summed E-state index contributed by atoms with van der Waals surface area (Å²) in [6.45, 7) is 9.46. The average Bonchev–Trinajstić information content (AvgIpc) is 1.60. The topological polar surface area (TPSA) is 407 Å². The molecule has 8 aromatic carbocycles. The Morgan fingerprint density at radius 2 is 0.844 bits per heavy atom. The van der Waals surface area contributed by atoms with Crippen molar-refractivity contribution < 1.29 is 13.9 Å². The van der Waals surface area contributed by atoms with Crippen molar-refractivity contribution in [2.24, 2.45) is 0 Å². The third kappa shape index (κ3) is 23.5. The molecule has 0 atom stereocenters. The van der Waals surface area contributed by atoms with E-state index in [4.69, 9.17) is 61.3 Å². The Balaban J connectivity index is 0.000000123. The summed E-state index contributed by atoms with van der Waals surface area (Å²) in [5.41, 5.74) is 39.8. The van der Waals surface area contributed by atoms with Gasteiger partial charge in [0, 0.05) is 213 Å². The molecule has 15 N–H and O–H groups in total. The van der Waals surface area contributed by atoms with E-state index in [9.17, 15) is 4.39 Å². The van der Waals surface area contributed by atoms with Crippen molar-refractivity contribution in [2.45, 2.75) is 60.6 Å². The second-order valence-corrected chi connectivity index (χ2v) is 31.4. The van der Waals surface area contributed by atoms with Crippen LogP contribution in [0.3, 0.4) is 0 Å². The van der Waals surface area contributed by atoms with Crippen molar-refractivity contribution in [2.75, 3.05) is 55.3 Å². The van der Waals surface area contributed by atoms with Crippen molar-refractivity contribution in [3.05, 3.63) is 343 Å². The second-order valence-electron chi connectivity index (χ2n) is 28.3. The van der Waals surface area contributed by atoms with E-state index in [1.54, 1.807) is 105 Å². The highest BCUT2D eigenvalue weighted by atomic mass is 35.5. The molecule has 11 aromatic heterocycles. The van der Waals surface area contributed by atoms with Crippen LogP contribution in [0.5, 0.6) is 23.0 Å². The van der Waals surface area contributed by atoms with Crippen LogP contribution in [0, 0.1) is 33.5 Å². The molecule has 0 aliphatic heterocycles. The van der Waals surface area contributed by atoms with E-state index in [2.05, 4.69) is 149 Å². The Labute approximate surface area is 753 Å². The molecule has 28 nitrogen and oxygen atoms in total. The first-order valence-electron chi connectivity index (χ1n) is 39.7. The number of pyridine rings is 5. The summed E-state index contributed by atoms with van der Waals surface area (Å²) < 4.78 is 28.5. The van der Waals surface area contributed by atoms with Crippen LogP contribution in [0.4, 0.5) is 91.7 Å². The minimum Gasteiger partial charge on any atom is -0.457 e. The second kappa shape index (κ2) is 41.0. The average molecular weight is 1770 g/mol. The van der Waals surface area contributed by atoms with Crippen LogP contribution in [0.1, 0.15) is 35.4 Å². The first-order valence-corrected chi connectivity index (χ1v) is 42.1. The van der Waals surface area contributed by atoms with E-state index >= 15 is 0 Å². The van der Waals surface area contributed by atoms with Crippen LogP contribution in [0.15, 0.2) is 318 Å². The number of aromatic nitrogens is 16. The summed E-state index contributed by atoms with van der Waals surface area (Å²) in [4.78, 5) is 66.1. The first kappa shape index (κ1) is 87.0. The Bertz CT molecular complexity index is 6830. The van der Waals surface area contributed by atoms with E-state index < -0.39 is 5.82 Å². The Hall–Kier alpha value is -16.0. The number of nitrogens with two attached hydrogens (primary N) is 5. The number of hydrogen-bond donors (Lipinski definition) is 10. The minimum atomic E-state index is -0.496. The molecule has 19 aromatic rings. The van der Waals surface area contributed by atoms with Crippen molar-refractivity contribution in [3.63, 3.8) is 0 Å². The highest BCUT2D eigenvalue weighted by molar-refractivity contribution is 7.99. The fourth-order valence-electron chi connectivity index (χ4n) is 13.1. The molecule has 128 heavy (non-hydrogen) atoms. The van der Waals surface area contributed by atoms with Gasteiger partial charge in [-0.25, -0.2) is 29.3 Å². The van der Waals surface area contributed by atoms with Crippen LogP contribution in [-0.2, 0) is 6.42 Å². The third-order valence-electron chi connectivity index (χ3n) is 18.7. The molecule has 0 saturated heterocycles. The molecule has 0 saturated carbocycles. The normalized spacial score (nSPS) is 10.8. The lowest BCUT2D eigenvalue weighted by molar-refractivity contribution is 0.447. The number of nitrogen functional groups attached to an aromatic ring is 5.